The summed E-state index contributed by atoms with van der Waals surface area (Å²) in [5, 5.41) is 3.03. The Kier molecular flexibility index (Phi) is 5.99. The standard InChI is InChI=1S/C20H18N4O5S4/c1-11-4-6-13(7-5-11)33(28,29)24-20-21-12(2)17(31-20)18(25)23-19-22-15-9-8-14(32(3,26)27)10-16(15)30-19/h4-10H,1-3H3,(H,21,24)(H,22,23,25). The van der Waals surface area contributed by atoms with Crippen LogP contribution in [0.5, 0.6) is 0 Å². The molecular weight excluding hydrogens is 505 g/mol. The number of hydrogen-bond acceptors (Lipinski definition) is 9. The fourth-order valence-electron chi connectivity index (χ4n) is 2.88. The molecule has 2 aromatic heterocycles. The van der Waals surface area contributed by atoms with E-state index in [0.717, 1.165) is 34.5 Å². The molecule has 9 nitrogen and oxygen atoms in total. The molecule has 2 heterocycles. The maximum atomic E-state index is 12.8. The van der Waals surface area contributed by atoms with Gasteiger partial charge in [-0.2, -0.15) is 0 Å². The molecule has 0 unspecified atom stereocenters. The second kappa shape index (κ2) is 8.48. The molecule has 4 aromatic rings. The molecule has 1 amide bonds. The Balaban J connectivity index is 1.54. The average molecular weight is 523 g/mol. The van der Waals surface area contributed by atoms with Crippen LogP contribution < -0.4 is 10.0 Å². The van der Waals surface area contributed by atoms with Gasteiger partial charge >= 0.3 is 0 Å². The molecule has 172 valence electrons. The predicted molar refractivity (Wildman–Crippen MR) is 130 cm³/mol. The molecule has 0 aliphatic carbocycles. The number of nitrogens with zero attached hydrogens (tertiary/aromatic N) is 2. The first kappa shape index (κ1) is 23.3. The minimum Gasteiger partial charge on any atom is -0.297 e. The van der Waals surface area contributed by atoms with Gasteiger partial charge in [-0.05, 0) is 44.2 Å². The SMILES string of the molecule is Cc1ccc(S(=O)(=O)Nc2nc(C)c(C(=O)Nc3nc4ccc(S(C)(=O)=O)cc4s3)s2)cc1. The number of thiazole rings is 2. The molecule has 13 heteroatoms. The fraction of sp³-hybridized carbons (Fsp3) is 0.150. The molecule has 0 bridgehead atoms. The van der Waals surface area contributed by atoms with Crippen molar-refractivity contribution >= 4 is 68.9 Å². The van der Waals surface area contributed by atoms with Gasteiger partial charge in [-0.3, -0.25) is 14.8 Å². The molecule has 0 aliphatic rings. The number of carbonyl (C=O) groups excluding carboxylic acids is 1. The summed E-state index contributed by atoms with van der Waals surface area (Å²) in [6, 6.07) is 10.9. The zero-order valence-electron chi connectivity index (χ0n) is 17.6. The number of nitrogens with one attached hydrogen (secondary N) is 2. The Hall–Kier alpha value is -2.87. The third-order valence-corrected chi connectivity index (χ3v) is 9.16. The second-order valence-electron chi connectivity index (χ2n) is 7.23. The van der Waals surface area contributed by atoms with E-state index in [4.69, 9.17) is 0 Å². The Morgan fingerprint density at radius 1 is 0.879 bits per heavy atom. The van der Waals surface area contributed by atoms with Crippen LogP contribution >= 0.6 is 22.7 Å². The average Bonchev–Trinajstić information content (AvgIpc) is 3.28. The van der Waals surface area contributed by atoms with Crippen molar-refractivity contribution in [1.82, 2.24) is 9.97 Å². The molecule has 0 fully saturated rings. The second-order valence-corrected chi connectivity index (χ2v) is 13.0. The predicted octanol–water partition coefficient (Wildman–Crippen LogP) is 3.83. The van der Waals surface area contributed by atoms with E-state index in [0.29, 0.717) is 15.9 Å². The lowest BCUT2D eigenvalue weighted by atomic mass is 10.2. The molecule has 0 aliphatic heterocycles. The highest BCUT2D eigenvalue weighted by atomic mass is 32.2. The van der Waals surface area contributed by atoms with Crippen LogP contribution in [0.4, 0.5) is 10.3 Å². The largest absolute Gasteiger partial charge is 0.297 e. The number of sulfonamides is 1. The molecule has 0 saturated carbocycles. The van der Waals surface area contributed by atoms with Crippen molar-refractivity contribution in [3.63, 3.8) is 0 Å². The van der Waals surface area contributed by atoms with Gasteiger partial charge in [0, 0.05) is 6.26 Å². The van der Waals surface area contributed by atoms with Crippen LogP contribution in [0.3, 0.4) is 0 Å². The summed E-state index contributed by atoms with van der Waals surface area (Å²) >= 11 is 2.05. The molecule has 33 heavy (non-hydrogen) atoms. The fourth-order valence-corrected chi connectivity index (χ4v) is 6.60. The number of amides is 1. The molecular formula is C20H18N4O5S4. The Morgan fingerprint density at radius 3 is 2.21 bits per heavy atom. The molecule has 2 N–H and O–H groups in total. The summed E-state index contributed by atoms with van der Waals surface area (Å²) < 4.78 is 51.7. The first-order chi connectivity index (χ1) is 15.4. The van der Waals surface area contributed by atoms with E-state index in [-0.39, 0.29) is 24.9 Å². The van der Waals surface area contributed by atoms with Crippen molar-refractivity contribution in [1.29, 1.82) is 0 Å². The molecule has 0 radical (unpaired) electrons. The summed E-state index contributed by atoms with van der Waals surface area (Å²) in [5.41, 5.74) is 1.84. The van der Waals surface area contributed by atoms with E-state index in [1.807, 2.05) is 6.92 Å². The van der Waals surface area contributed by atoms with Crippen LogP contribution in [0.1, 0.15) is 20.9 Å². The lowest BCUT2D eigenvalue weighted by molar-refractivity contribution is 0.103. The highest BCUT2D eigenvalue weighted by Gasteiger charge is 2.21. The van der Waals surface area contributed by atoms with Crippen LogP contribution in [0, 0.1) is 13.8 Å². The van der Waals surface area contributed by atoms with Gasteiger partial charge in [0.05, 0.1) is 25.7 Å². The van der Waals surface area contributed by atoms with Crippen LogP contribution in [0.15, 0.2) is 52.3 Å². The van der Waals surface area contributed by atoms with Gasteiger partial charge in [0.2, 0.25) is 0 Å². The van der Waals surface area contributed by atoms with E-state index in [2.05, 4.69) is 20.0 Å². The van der Waals surface area contributed by atoms with Gasteiger partial charge in [-0.1, -0.05) is 40.4 Å². The van der Waals surface area contributed by atoms with Crippen molar-refractivity contribution in [3.05, 3.63) is 58.6 Å². The summed E-state index contributed by atoms with van der Waals surface area (Å²) in [5.74, 6) is -0.492. The normalized spacial score (nSPS) is 12.1. The Morgan fingerprint density at radius 2 is 1.55 bits per heavy atom. The lowest BCUT2D eigenvalue weighted by Gasteiger charge is -2.05. The quantitative estimate of drug-likeness (QED) is 0.393. The highest BCUT2D eigenvalue weighted by molar-refractivity contribution is 7.93. The number of benzene rings is 2. The van der Waals surface area contributed by atoms with Gasteiger partial charge < -0.3 is 0 Å². The van der Waals surface area contributed by atoms with Gasteiger partial charge in [0.15, 0.2) is 20.1 Å². The van der Waals surface area contributed by atoms with E-state index >= 15 is 0 Å². The maximum absolute atomic E-state index is 12.8. The number of aryl methyl sites for hydroxylation is 2. The van der Waals surface area contributed by atoms with Crippen molar-refractivity contribution in [2.45, 2.75) is 23.6 Å². The smallest absolute Gasteiger partial charge is 0.269 e. The van der Waals surface area contributed by atoms with Crippen LogP contribution in [0.2, 0.25) is 0 Å². The number of sulfone groups is 1. The number of rotatable bonds is 6. The topological polar surface area (TPSA) is 135 Å². The highest BCUT2D eigenvalue weighted by Crippen LogP contribution is 2.30. The van der Waals surface area contributed by atoms with Gasteiger partial charge in [-0.25, -0.2) is 26.8 Å². The Bertz CT molecular complexity index is 1590. The Labute approximate surface area is 198 Å². The van der Waals surface area contributed by atoms with Gasteiger partial charge in [0.1, 0.15) is 4.88 Å². The van der Waals surface area contributed by atoms with Crippen molar-refractivity contribution in [2.24, 2.45) is 0 Å². The van der Waals surface area contributed by atoms with E-state index < -0.39 is 25.8 Å². The van der Waals surface area contributed by atoms with Crippen LogP contribution in [0.25, 0.3) is 10.2 Å². The molecule has 4 rings (SSSR count). The van der Waals surface area contributed by atoms with Gasteiger partial charge in [0.25, 0.3) is 15.9 Å². The number of aromatic nitrogens is 2. The number of hydrogen-bond donors (Lipinski definition) is 2. The van der Waals surface area contributed by atoms with Crippen LogP contribution in [-0.4, -0.2) is 39.0 Å². The minimum absolute atomic E-state index is 0.0697. The third kappa shape index (κ3) is 5.05. The van der Waals surface area contributed by atoms with Crippen LogP contribution in [-0.2, 0) is 19.9 Å². The van der Waals surface area contributed by atoms with Crippen molar-refractivity contribution < 1.29 is 21.6 Å². The first-order valence-electron chi connectivity index (χ1n) is 9.41. The van der Waals surface area contributed by atoms with Crippen molar-refractivity contribution in [2.75, 3.05) is 16.3 Å². The third-order valence-electron chi connectivity index (χ3n) is 4.56. The van der Waals surface area contributed by atoms with Gasteiger partial charge in [-0.15, -0.1) is 0 Å². The van der Waals surface area contributed by atoms with Crippen molar-refractivity contribution in [3.8, 4) is 0 Å². The number of anilines is 2. The monoisotopic (exact) mass is 522 g/mol. The van der Waals surface area contributed by atoms with E-state index in [1.54, 1.807) is 25.1 Å². The minimum atomic E-state index is -3.84. The maximum Gasteiger partial charge on any atom is 0.269 e. The number of fused-ring (bicyclic) bond motifs is 1. The summed E-state index contributed by atoms with van der Waals surface area (Å²) in [6.07, 6.45) is 1.12. The summed E-state index contributed by atoms with van der Waals surface area (Å²) in [7, 11) is -7.21. The molecule has 0 spiro atoms. The first-order valence-corrected chi connectivity index (χ1v) is 14.4. The number of carbonyl (C=O) groups is 1. The molecule has 0 saturated heterocycles. The summed E-state index contributed by atoms with van der Waals surface area (Å²) in [4.78, 5) is 21.7. The van der Waals surface area contributed by atoms with E-state index in [9.17, 15) is 21.6 Å². The summed E-state index contributed by atoms with van der Waals surface area (Å²) in [6.45, 7) is 3.46. The van der Waals surface area contributed by atoms with E-state index in [1.165, 1.54) is 24.3 Å². The molecule has 2 aromatic carbocycles. The lowest BCUT2D eigenvalue weighted by Crippen LogP contribution is -2.12. The zero-order valence-corrected chi connectivity index (χ0v) is 20.9. The molecule has 0 atom stereocenters. The zero-order chi connectivity index (χ0) is 24.0.